The van der Waals surface area contributed by atoms with Gasteiger partial charge in [-0.25, -0.2) is 0 Å². The molecular formula is C7H10NaO. The molecule has 0 atom stereocenters. The molecule has 0 bridgehead atoms. The predicted octanol–water partition coefficient (Wildman–Crippen LogP) is 1.65. The van der Waals surface area contributed by atoms with Gasteiger partial charge >= 0.3 is 0 Å². The van der Waals surface area contributed by atoms with E-state index in [2.05, 4.69) is 0 Å². The van der Waals surface area contributed by atoms with Crippen LogP contribution in [0.5, 0.6) is 5.75 Å². The van der Waals surface area contributed by atoms with E-state index in [0.29, 0.717) is 5.75 Å². The Balaban J connectivity index is 0. The Morgan fingerprint density at radius 1 is 1.00 bits per heavy atom. The van der Waals surface area contributed by atoms with Gasteiger partial charge in [-0.1, -0.05) is 25.6 Å². The molecule has 0 fully saturated rings. The fourth-order valence-electron chi connectivity index (χ4n) is 0.428. The molecule has 0 aromatic heterocycles. The van der Waals surface area contributed by atoms with E-state index >= 15 is 0 Å². The van der Waals surface area contributed by atoms with Gasteiger partial charge < -0.3 is 5.11 Å². The molecule has 0 saturated heterocycles. The van der Waals surface area contributed by atoms with Crippen molar-refractivity contribution in [1.82, 2.24) is 0 Å². The van der Waals surface area contributed by atoms with Gasteiger partial charge in [-0.15, -0.1) is 0 Å². The zero-order valence-corrected chi connectivity index (χ0v) is 6.83. The Hall–Kier alpha value is 0.0200. The Morgan fingerprint density at radius 2 is 1.44 bits per heavy atom. The molecule has 1 rings (SSSR count). The summed E-state index contributed by atoms with van der Waals surface area (Å²) < 4.78 is 0. The summed E-state index contributed by atoms with van der Waals surface area (Å²) in [7, 11) is 0. The van der Waals surface area contributed by atoms with Gasteiger partial charge in [0.2, 0.25) is 0 Å². The van der Waals surface area contributed by atoms with Crippen molar-refractivity contribution in [2.75, 3.05) is 0 Å². The SMILES string of the molecule is C.Oc1ccccc1.[Na]. The molecule has 1 nitrogen and oxygen atoms in total. The summed E-state index contributed by atoms with van der Waals surface area (Å²) in [6, 6.07) is 8.71. The van der Waals surface area contributed by atoms with E-state index in [4.69, 9.17) is 5.11 Å². The standard InChI is InChI=1S/C6H6O.CH4.Na/c7-6-4-2-1-3-5-6;;/h1-5,7H;1H4;. The molecule has 1 radical (unpaired) electrons. The summed E-state index contributed by atoms with van der Waals surface area (Å²) in [5.74, 6) is 0.322. The average molecular weight is 133 g/mol. The molecule has 0 unspecified atom stereocenters. The maximum absolute atomic E-state index is 8.63. The minimum Gasteiger partial charge on any atom is -0.508 e. The predicted molar refractivity (Wildman–Crippen MR) is 40.6 cm³/mol. The van der Waals surface area contributed by atoms with Crippen molar-refractivity contribution >= 4 is 29.6 Å². The first-order valence-corrected chi connectivity index (χ1v) is 2.13. The van der Waals surface area contributed by atoms with Crippen molar-refractivity contribution in [2.24, 2.45) is 0 Å². The zero-order chi connectivity index (χ0) is 5.11. The van der Waals surface area contributed by atoms with Crippen LogP contribution in [0.1, 0.15) is 7.43 Å². The van der Waals surface area contributed by atoms with Crippen LogP contribution in [-0.4, -0.2) is 34.7 Å². The average Bonchev–Trinajstić information content (AvgIpc) is 1.69. The molecule has 0 aliphatic rings. The molecular weight excluding hydrogens is 123 g/mol. The maximum Gasteiger partial charge on any atom is 0.115 e. The van der Waals surface area contributed by atoms with Crippen LogP contribution in [0.25, 0.3) is 0 Å². The number of rotatable bonds is 0. The molecule has 0 spiro atoms. The van der Waals surface area contributed by atoms with Gasteiger partial charge in [0, 0.05) is 29.6 Å². The molecule has 0 amide bonds. The minimum atomic E-state index is 0. The second-order valence-electron chi connectivity index (χ2n) is 1.34. The monoisotopic (exact) mass is 133 g/mol. The van der Waals surface area contributed by atoms with Gasteiger partial charge in [0.15, 0.2) is 0 Å². The second kappa shape index (κ2) is 6.14. The Labute approximate surface area is 78.0 Å². The molecule has 0 aliphatic heterocycles. The summed E-state index contributed by atoms with van der Waals surface area (Å²) in [6.45, 7) is 0. The normalized spacial score (nSPS) is 6.67. The van der Waals surface area contributed by atoms with Crippen molar-refractivity contribution in [3.8, 4) is 5.75 Å². The number of hydrogen-bond acceptors (Lipinski definition) is 1. The van der Waals surface area contributed by atoms with Crippen molar-refractivity contribution in [3.05, 3.63) is 30.3 Å². The molecule has 1 aromatic carbocycles. The van der Waals surface area contributed by atoms with Gasteiger partial charge in [0.25, 0.3) is 0 Å². The van der Waals surface area contributed by atoms with Crippen molar-refractivity contribution in [1.29, 1.82) is 0 Å². The van der Waals surface area contributed by atoms with Crippen LogP contribution in [0.2, 0.25) is 0 Å². The van der Waals surface area contributed by atoms with Crippen molar-refractivity contribution in [3.63, 3.8) is 0 Å². The number of phenols is 1. The smallest absolute Gasteiger partial charge is 0.115 e. The van der Waals surface area contributed by atoms with Gasteiger partial charge in [0.1, 0.15) is 5.75 Å². The largest absolute Gasteiger partial charge is 0.508 e. The van der Waals surface area contributed by atoms with Gasteiger partial charge in [-0.3, -0.25) is 0 Å². The first-order chi connectivity index (χ1) is 3.39. The molecule has 2 heteroatoms. The summed E-state index contributed by atoms with van der Waals surface area (Å²) in [5.41, 5.74) is 0. The van der Waals surface area contributed by atoms with E-state index in [1.54, 1.807) is 24.3 Å². The van der Waals surface area contributed by atoms with Crippen LogP contribution in [0.4, 0.5) is 0 Å². The topological polar surface area (TPSA) is 20.2 Å². The van der Waals surface area contributed by atoms with Gasteiger partial charge in [-0.2, -0.15) is 0 Å². The maximum atomic E-state index is 8.63. The summed E-state index contributed by atoms with van der Waals surface area (Å²) >= 11 is 0. The first kappa shape index (κ1) is 11.8. The Kier molecular flexibility index (Phi) is 8.04. The summed E-state index contributed by atoms with van der Waals surface area (Å²) in [5, 5.41) is 8.63. The Bertz CT molecular complexity index is 139. The molecule has 0 aliphatic carbocycles. The molecule has 45 valence electrons. The van der Waals surface area contributed by atoms with Crippen LogP contribution in [0.3, 0.4) is 0 Å². The van der Waals surface area contributed by atoms with Crippen molar-refractivity contribution < 1.29 is 5.11 Å². The summed E-state index contributed by atoms with van der Waals surface area (Å²) in [4.78, 5) is 0. The fraction of sp³-hybridized carbons (Fsp3) is 0.143. The van der Waals surface area contributed by atoms with E-state index in [-0.39, 0.29) is 37.0 Å². The van der Waals surface area contributed by atoms with Gasteiger partial charge in [-0.05, 0) is 12.1 Å². The van der Waals surface area contributed by atoms with Crippen molar-refractivity contribution in [2.45, 2.75) is 7.43 Å². The van der Waals surface area contributed by atoms with E-state index in [9.17, 15) is 0 Å². The molecule has 9 heavy (non-hydrogen) atoms. The van der Waals surface area contributed by atoms with E-state index in [0.717, 1.165) is 0 Å². The van der Waals surface area contributed by atoms with E-state index in [1.165, 1.54) is 0 Å². The quantitative estimate of drug-likeness (QED) is 0.533. The number of hydrogen-bond donors (Lipinski definition) is 1. The molecule has 1 aromatic rings. The third kappa shape index (κ3) is 4.52. The third-order valence-electron chi connectivity index (χ3n) is 0.756. The molecule has 1 N–H and O–H groups in total. The van der Waals surface area contributed by atoms with E-state index in [1.807, 2.05) is 6.07 Å². The number of aromatic hydroxyl groups is 1. The number of benzene rings is 1. The van der Waals surface area contributed by atoms with E-state index < -0.39 is 0 Å². The zero-order valence-electron chi connectivity index (χ0n) is 4.83. The van der Waals surface area contributed by atoms with Crippen LogP contribution in [0, 0.1) is 0 Å². The first-order valence-electron chi connectivity index (χ1n) is 2.13. The fourth-order valence-corrected chi connectivity index (χ4v) is 0.428. The second-order valence-corrected chi connectivity index (χ2v) is 1.34. The number of para-hydroxylation sites is 1. The summed E-state index contributed by atoms with van der Waals surface area (Å²) in [6.07, 6.45) is 0. The third-order valence-corrected chi connectivity index (χ3v) is 0.756. The van der Waals surface area contributed by atoms with Crippen LogP contribution in [-0.2, 0) is 0 Å². The Morgan fingerprint density at radius 3 is 1.67 bits per heavy atom. The van der Waals surface area contributed by atoms with Crippen LogP contribution in [0.15, 0.2) is 30.3 Å². The minimum absolute atomic E-state index is 0. The molecule has 0 heterocycles. The number of phenolic OH excluding ortho intramolecular Hbond substituents is 1. The van der Waals surface area contributed by atoms with Crippen LogP contribution < -0.4 is 0 Å². The van der Waals surface area contributed by atoms with Gasteiger partial charge in [0.05, 0.1) is 0 Å². The molecule has 0 saturated carbocycles. The van der Waals surface area contributed by atoms with Crippen LogP contribution >= 0.6 is 0 Å².